The molecule has 0 fully saturated rings. The highest BCUT2D eigenvalue weighted by atomic mass is 32.2. The van der Waals surface area contributed by atoms with Crippen LogP contribution in [0.2, 0.25) is 0 Å². The predicted octanol–water partition coefficient (Wildman–Crippen LogP) is 1.89. The first-order valence-corrected chi connectivity index (χ1v) is 8.42. The fraction of sp³-hybridized carbons (Fsp3) is 0.200. The fourth-order valence-electron chi connectivity index (χ4n) is 2.25. The van der Waals surface area contributed by atoms with E-state index in [0.29, 0.717) is 18.0 Å². The monoisotopic (exact) mass is 351 g/mol. The molecular formula is C15H17N3O5S. The molecule has 0 aromatic heterocycles. The number of ether oxygens (including phenoxy) is 1. The number of hydrogen-bond acceptors (Lipinski definition) is 6. The molecule has 0 aliphatic heterocycles. The van der Waals surface area contributed by atoms with Gasteiger partial charge >= 0.3 is 0 Å². The highest BCUT2D eigenvalue weighted by Gasteiger charge is 2.21. The Balaban J connectivity index is 2.37. The predicted molar refractivity (Wildman–Crippen MR) is 89.6 cm³/mol. The van der Waals surface area contributed by atoms with Gasteiger partial charge in [0.2, 0.25) is 10.0 Å². The largest absolute Gasteiger partial charge is 0.497 e. The lowest BCUT2D eigenvalue weighted by molar-refractivity contribution is -0.385. The summed E-state index contributed by atoms with van der Waals surface area (Å²) in [6, 6.07) is 10.9. The van der Waals surface area contributed by atoms with Crippen LogP contribution in [0, 0.1) is 10.1 Å². The van der Waals surface area contributed by atoms with Crippen LogP contribution in [0.3, 0.4) is 0 Å². The molecule has 2 aromatic rings. The molecule has 0 atom stereocenters. The summed E-state index contributed by atoms with van der Waals surface area (Å²) in [5, 5.41) is 16.1. The lowest BCUT2D eigenvalue weighted by atomic mass is 10.2. The molecule has 0 spiro atoms. The minimum atomic E-state index is -4.10. The van der Waals surface area contributed by atoms with E-state index < -0.39 is 14.9 Å². The van der Waals surface area contributed by atoms with Crippen molar-refractivity contribution >= 4 is 21.4 Å². The third-order valence-corrected chi connectivity index (χ3v) is 4.39. The maximum atomic E-state index is 11.8. The minimum Gasteiger partial charge on any atom is -0.497 e. The van der Waals surface area contributed by atoms with Crippen molar-refractivity contribution in [1.29, 1.82) is 0 Å². The third kappa shape index (κ3) is 4.00. The Morgan fingerprint density at radius 1 is 1.21 bits per heavy atom. The number of nitrogens with two attached hydrogens (primary N) is 1. The van der Waals surface area contributed by atoms with Crippen molar-refractivity contribution in [2.45, 2.75) is 11.4 Å². The number of anilines is 1. The van der Waals surface area contributed by atoms with Crippen molar-refractivity contribution in [2.75, 3.05) is 19.1 Å². The highest BCUT2D eigenvalue weighted by molar-refractivity contribution is 7.89. The van der Waals surface area contributed by atoms with Gasteiger partial charge in [0.25, 0.3) is 5.69 Å². The first-order chi connectivity index (χ1) is 11.2. The Morgan fingerprint density at radius 3 is 2.33 bits per heavy atom. The molecule has 2 aromatic carbocycles. The van der Waals surface area contributed by atoms with E-state index in [4.69, 9.17) is 9.88 Å². The van der Waals surface area contributed by atoms with E-state index in [-0.39, 0.29) is 10.6 Å². The standard InChI is InChI=1S/C15H17N3O5S/c1-17(10-11-3-6-13(23-2)7-4-11)14-8-5-12(18(19)20)9-15(14)24(16,21)22/h3-9H,10H2,1-2H3,(H2,16,21,22). The molecule has 0 saturated carbocycles. The number of hydrogen-bond donors (Lipinski definition) is 1. The summed E-state index contributed by atoms with van der Waals surface area (Å²) < 4.78 is 28.6. The van der Waals surface area contributed by atoms with E-state index in [9.17, 15) is 18.5 Å². The molecule has 0 bridgehead atoms. The van der Waals surface area contributed by atoms with Crippen molar-refractivity contribution in [3.05, 3.63) is 58.1 Å². The van der Waals surface area contributed by atoms with E-state index in [1.807, 2.05) is 12.1 Å². The van der Waals surface area contributed by atoms with Gasteiger partial charge in [0.05, 0.1) is 17.7 Å². The van der Waals surface area contributed by atoms with Gasteiger partial charge in [0.15, 0.2) is 0 Å². The molecule has 0 amide bonds. The number of nitro groups is 1. The molecule has 24 heavy (non-hydrogen) atoms. The molecule has 8 nitrogen and oxygen atoms in total. The number of sulfonamides is 1. The van der Waals surface area contributed by atoms with Gasteiger partial charge in [-0.1, -0.05) is 12.1 Å². The van der Waals surface area contributed by atoms with Crippen LogP contribution < -0.4 is 14.8 Å². The fourth-order valence-corrected chi connectivity index (χ4v) is 3.05. The van der Waals surface area contributed by atoms with Gasteiger partial charge in [0, 0.05) is 25.7 Å². The summed E-state index contributed by atoms with van der Waals surface area (Å²) in [4.78, 5) is 11.6. The van der Waals surface area contributed by atoms with E-state index in [0.717, 1.165) is 11.6 Å². The molecule has 0 aliphatic rings. The Bertz CT molecular complexity index is 850. The van der Waals surface area contributed by atoms with Crippen LogP contribution in [-0.2, 0) is 16.6 Å². The summed E-state index contributed by atoms with van der Waals surface area (Å²) in [6.07, 6.45) is 0. The molecule has 9 heteroatoms. The average Bonchev–Trinajstić information content (AvgIpc) is 2.54. The molecule has 2 N–H and O–H groups in total. The van der Waals surface area contributed by atoms with Crippen LogP contribution in [0.1, 0.15) is 5.56 Å². The smallest absolute Gasteiger partial charge is 0.270 e. The second kappa shape index (κ2) is 6.85. The van der Waals surface area contributed by atoms with Gasteiger partial charge in [0.1, 0.15) is 10.6 Å². The van der Waals surface area contributed by atoms with E-state index in [2.05, 4.69) is 0 Å². The Hall–Kier alpha value is -2.65. The molecule has 128 valence electrons. The van der Waals surface area contributed by atoms with Crippen molar-refractivity contribution in [3.8, 4) is 5.75 Å². The maximum absolute atomic E-state index is 11.8. The number of nitro benzene ring substituents is 1. The van der Waals surface area contributed by atoms with Gasteiger partial charge in [-0.15, -0.1) is 0 Å². The quantitative estimate of drug-likeness (QED) is 0.627. The van der Waals surface area contributed by atoms with Crippen LogP contribution >= 0.6 is 0 Å². The van der Waals surface area contributed by atoms with Crippen LogP contribution in [0.5, 0.6) is 5.75 Å². The molecule has 0 heterocycles. The normalized spacial score (nSPS) is 11.1. The summed E-state index contributed by atoms with van der Waals surface area (Å²) in [5.41, 5.74) is 0.872. The van der Waals surface area contributed by atoms with E-state index in [1.54, 1.807) is 31.2 Å². The average molecular weight is 351 g/mol. The van der Waals surface area contributed by atoms with Crippen molar-refractivity contribution in [2.24, 2.45) is 5.14 Å². The SMILES string of the molecule is COc1ccc(CN(C)c2ccc([N+](=O)[O-])cc2S(N)(=O)=O)cc1. The summed E-state index contributed by atoms with van der Waals surface area (Å²) >= 11 is 0. The molecule has 2 rings (SSSR count). The van der Waals surface area contributed by atoms with Gasteiger partial charge in [-0.05, 0) is 23.8 Å². The van der Waals surface area contributed by atoms with E-state index >= 15 is 0 Å². The third-order valence-electron chi connectivity index (χ3n) is 3.45. The lowest BCUT2D eigenvalue weighted by Crippen LogP contribution is -2.22. The maximum Gasteiger partial charge on any atom is 0.270 e. The number of non-ortho nitro benzene ring substituents is 1. The zero-order valence-corrected chi connectivity index (χ0v) is 14.0. The second-order valence-electron chi connectivity index (χ2n) is 5.16. The molecular weight excluding hydrogens is 334 g/mol. The number of primary sulfonamides is 1. The van der Waals surface area contributed by atoms with Crippen LogP contribution in [0.25, 0.3) is 0 Å². The number of nitrogens with zero attached hydrogens (tertiary/aromatic N) is 2. The minimum absolute atomic E-state index is 0.285. The lowest BCUT2D eigenvalue weighted by Gasteiger charge is -2.21. The first kappa shape index (κ1) is 17.7. The second-order valence-corrected chi connectivity index (χ2v) is 6.69. The van der Waals surface area contributed by atoms with Gasteiger partial charge in [-0.25, -0.2) is 13.6 Å². The summed E-state index contributed by atoms with van der Waals surface area (Å²) in [5.74, 6) is 0.710. The number of methoxy groups -OCH3 is 1. The van der Waals surface area contributed by atoms with Gasteiger partial charge in [-0.3, -0.25) is 10.1 Å². The molecule has 0 radical (unpaired) electrons. The number of benzene rings is 2. The zero-order valence-electron chi connectivity index (χ0n) is 13.2. The topological polar surface area (TPSA) is 116 Å². The molecule has 0 saturated heterocycles. The molecule has 0 aliphatic carbocycles. The zero-order chi connectivity index (χ0) is 17.9. The van der Waals surface area contributed by atoms with Crippen molar-refractivity contribution in [3.63, 3.8) is 0 Å². The van der Waals surface area contributed by atoms with E-state index in [1.165, 1.54) is 12.1 Å². The Kier molecular flexibility index (Phi) is 5.05. The van der Waals surface area contributed by atoms with Crippen molar-refractivity contribution in [1.82, 2.24) is 0 Å². The van der Waals surface area contributed by atoms with Gasteiger partial charge < -0.3 is 9.64 Å². The van der Waals surface area contributed by atoms with Crippen LogP contribution in [0.4, 0.5) is 11.4 Å². The van der Waals surface area contributed by atoms with Crippen LogP contribution in [0.15, 0.2) is 47.4 Å². The van der Waals surface area contributed by atoms with Crippen molar-refractivity contribution < 1.29 is 18.1 Å². The summed E-state index contributed by atoms with van der Waals surface area (Å²) in [6.45, 7) is 0.393. The van der Waals surface area contributed by atoms with Crippen LogP contribution in [-0.4, -0.2) is 27.5 Å². The number of rotatable bonds is 6. The Morgan fingerprint density at radius 2 is 1.83 bits per heavy atom. The van der Waals surface area contributed by atoms with Gasteiger partial charge in [-0.2, -0.15) is 0 Å². The first-order valence-electron chi connectivity index (χ1n) is 6.87. The molecule has 0 unspecified atom stereocenters. The Labute approximate surface area is 139 Å². The summed E-state index contributed by atoms with van der Waals surface area (Å²) in [7, 11) is -0.857. The highest BCUT2D eigenvalue weighted by Crippen LogP contribution is 2.29.